The van der Waals surface area contributed by atoms with Crippen molar-refractivity contribution >= 4 is 0 Å². The molecule has 0 aromatic carbocycles. The predicted octanol–water partition coefficient (Wildman–Crippen LogP) is 2.18. The molecule has 1 N–H and O–H groups in total. The minimum absolute atomic E-state index is 0.310. The van der Waals surface area contributed by atoms with Gasteiger partial charge >= 0.3 is 0 Å². The molecule has 1 aromatic heterocycles. The molecule has 108 valence electrons. The van der Waals surface area contributed by atoms with Crippen LogP contribution in [0.25, 0.3) is 0 Å². The SMILES string of the molecule is CCn1nc(C)cc1CN1CCNC(CC)(CC)C1. The number of nitrogens with one attached hydrogen (secondary N) is 1. The van der Waals surface area contributed by atoms with Crippen molar-refractivity contribution in [1.82, 2.24) is 20.0 Å². The topological polar surface area (TPSA) is 33.1 Å². The van der Waals surface area contributed by atoms with Crippen LogP contribution in [-0.4, -0.2) is 39.9 Å². The number of rotatable bonds is 5. The summed E-state index contributed by atoms with van der Waals surface area (Å²) in [5, 5.41) is 8.26. The molecule has 1 aliphatic heterocycles. The van der Waals surface area contributed by atoms with Crippen LogP contribution < -0.4 is 5.32 Å². The van der Waals surface area contributed by atoms with E-state index in [1.54, 1.807) is 0 Å². The lowest BCUT2D eigenvalue weighted by molar-refractivity contribution is 0.115. The summed E-state index contributed by atoms with van der Waals surface area (Å²) >= 11 is 0. The van der Waals surface area contributed by atoms with E-state index < -0.39 is 0 Å². The maximum atomic E-state index is 4.55. The van der Waals surface area contributed by atoms with Gasteiger partial charge in [-0.3, -0.25) is 9.58 Å². The van der Waals surface area contributed by atoms with Crippen LogP contribution >= 0.6 is 0 Å². The summed E-state index contributed by atoms with van der Waals surface area (Å²) in [6.45, 7) is 14.2. The van der Waals surface area contributed by atoms with Gasteiger partial charge in [0.15, 0.2) is 0 Å². The summed E-state index contributed by atoms with van der Waals surface area (Å²) in [7, 11) is 0. The molecule has 0 bridgehead atoms. The highest BCUT2D eigenvalue weighted by Gasteiger charge is 2.31. The number of aromatic nitrogens is 2. The molecule has 0 atom stereocenters. The highest BCUT2D eigenvalue weighted by atomic mass is 15.3. The van der Waals surface area contributed by atoms with Gasteiger partial charge in [-0.2, -0.15) is 5.10 Å². The molecule has 1 saturated heterocycles. The minimum Gasteiger partial charge on any atom is -0.309 e. The molecule has 1 aliphatic rings. The summed E-state index contributed by atoms with van der Waals surface area (Å²) in [5.74, 6) is 0. The molecule has 0 unspecified atom stereocenters. The van der Waals surface area contributed by atoms with Gasteiger partial charge in [0.1, 0.15) is 0 Å². The van der Waals surface area contributed by atoms with Crippen molar-refractivity contribution in [3.05, 3.63) is 17.5 Å². The van der Waals surface area contributed by atoms with Gasteiger partial charge in [0, 0.05) is 38.3 Å². The Hall–Kier alpha value is -0.870. The van der Waals surface area contributed by atoms with Crippen molar-refractivity contribution in [2.45, 2.75) is 59.2 Å². The van der Waals surface area contributed by atoms with E-state index in [9.17, 15) is 0 Å². The molecule has 0 radical (unpaired) electrons. The second-order valence-corrected chi connectivity index (χ2v) is 5.72. The summed E-state index contributed by atoms with van der Waals surface area (Å²) in [6.07, 6.45) is 2.40. The lowest BCUT2D eigenvalue weighted by Crippen LogP contribution is -2.59. The van der Waals surface area contributed by atoms with Crippen molar-refractivity contribution in [2.75, 3.05) is 19.6 Å². The first-order valence-corrected chi connectivity index (χ1v) is 7.63. The van der Waals surface area contributed by atoms with Gasteiger partial charge in [-0.15, -0.1) is 0 Å². The Kier molecular flexibility index (Phi) is 4.63. The van der Waals surface area contributed by atoms with Crippen molar-refractivity contribution < 1.29 is 0 Å². The largest absolute Gasteiger partial charge is 0.309 e. The van der Waals surface area contributed by atoms with E-state index in [1.165, 1.54) is 18.5 Å². The van der Waals surface area contributed by atoms with Gasteiger partial charge in [-0.25, -0.2) is 0 Å². The van der Waals surface area contributed by atoms with E-state index in [-0.39, 0.29) is 0 Å². The Morgan fingerprint density at radius 3 is 2.68 bits per heavy atom. The molecule has 0 aliphatic carbocycles. The molecule has 0 spiro atoms. The molecule has 1 aromatic rings. The number of piperazine rings is 1. The molecule has 4 heteroatoms. The lowest BCUT2D eigenvalue weighted by Gasteiger charge is -2.43. The van der Waals surface area contributed by atoms with Crippen molar-refractivity contribution in [3.63, 3.8) is 0 Å². The van der Waals surface area contributed by atoms with Crippen LogP contribution in [0.3, 0.4) is 0 Å². The van der Waals surface area contributed by atoms with Crippen LogP contribution in [0.5, 0.6) is 0 Å². The first kappa shape index (κ1) is 14.5. The molecular formula is C15H28N4. The van der Waals surface area contributed by atoms with Crippen LogP contribution in [0.1, 0.15) is 45.0 Å². The van der Waals surface area contributed by atoms with Gasteiger partial charge < -0.3 is 5.32 Å². The van der Waals surface area contributed by atoms with E-state index in [4.69, 9.17) is 0 Å². The molecule has 2 rings (SSSR count). The maximum absolute atomic E-state index is 4.55. The predicted molar refractivity (Wildman–Crippen MR) is 79.2 cm³/mol. The van der Waals surface area contributed by atoms with Crippen LogP contribution in [0.4, 0.5) is 0 Å². The first-order valence-electron chi connectivity index (χ1n) is 7.63. The molecule has 1 fully saturated rings. The van der Waals surface area contributed by atoms with Crippen LogP contribution in [0, 0.1) is 6.92 Å². The first-order chi connectivity index (χ1) is 9.12. The Morgan fingerprint density at radius 1 is 1.32 bits per heavy atom. The van der Waals surface area contributed by atoms with Crippen molar-refractivity contribution in [2.24, 2.45) is 0 Å². The third-order valence-corrected chi connectivity index (χ3v) is 4.48. The van der Waals surface area contributed by atoms with E-state index in [1.807, 2.05) is 0 Å². The zero-order chi connectivity index (χ0) is 13.9. The van der Waals surface area contributed by atoms with Gasteiger partial charge in [0.2, 0.25) is 0 Å². The normalized spacial score (nSPS) is 19.8. The fourth-order valence-corrected chi connectivity index (χ4v) is 3.13. The van der Waals surface area contributed by atoms with Gasteiger partial charge in [0.25, 0.3) is 0 Å². The standard InChI is InChI=1S/C15H28N4/c1-5-15(6-2)12-18(9-8-16-15)11-14-10-13(4)17-19(14)7-3/h10,16H,5-9,11-12H2,1-4H3. The molecule has 4 nitrogen and oxygen atoms in total. The second-order valence-electron chi connectivity index (χ2n) is 5.72. The van der Waals surface area contributed by atoms with Crippen LogP contribution in [0.15, 0.2) is 6.07 Å². The molecule has 2 heterocycles. The van der Waals surface area contributed by atoms with E-state index in [0.717, 1.165) is 38.4 Å². The summed E-state index contributed by atoms with van der Waals surface area (Å²) in [6, 6.07) is 2.23. The summed E-state index contributed by atoms with van der Waals surface area (Å²) in [5.41, 5.74) is 2.79. The van der Waals surface area contributed by atoms with E-state index in [0.29, 0.717) is 5.54 Å². The minimum atomic E-state index is 0.310. The van der Waals surface area contributed by atoms with Crippen molar-refractivity contribution in [1.29, 1.82) is 0 Å². The molecular weight excluding hydrogens is 236 g/mol. The van der Waals surface area contributed by atoms with Crippen LogP contribution in [-0.2, 0) is 13.1 Å². The van der Waals surface area contributed by atoms with E-state index in [2.05, 4.69) is 53.8 Å². The van der Waals surface area contributed by atoms with E-state index >= 15 is 0 Å². The highest BCUT2D eigenvalue weighted by molar-refractivity contribution is 5.09. The molecule has 0 amide bonds. The smallest absolute Gasteiger partial charge is 0.0597 e. The zero-order valence-corrected chi connectivity index (χ0v) is 12.9. The summed E-state index contributed by atoms with van der Waals surface area (Å²) < 4.78 is 2.14. The fourth-order valence-electron chi connectivity index (χ4n) is 3.13. The maximum Gasteiger partial charge on any atom is 0.0597 e. The zero-order valence-electron chi connectivity index (χ0n) is 12.9. The number of hydrogen-bond donors (Lipinski definition) is 1. The third kappa shape index (κ3) is 3.18. The molecule has 19 heavy (non-hydrogen) atoms. The fraction of sp³-hybridized carbons (Fsp3) is 0.800. The average molecular weight is 264 g/mol. The second kappa shape index (κ2) is 6.06. The third-order valence-electron chi connectivity index (χ3n) is 4.48. The average Bonchev–Trinajstić information content (AvgIpc) is 2.79. The summed E-state index contributed by atoms with van der Waals surface area (Å²) in [4.78, 5) is 2.58. The van der Waals surface area contributed by atoms with Gasteiger partial charge in [-0.05, 0) is 32.8 Å². The highest BCUT2D eigenvalue weighted by Crippen LogP contribution is 2.21. The Bertz CT molecular complexity index is 406. The Balaban J connectivity index is 2.06. The Morgan fingerprint density at radius 2 is 2.05 bits per heavy atom. The molecule has 0 saturated carbocycles. The quantitative estimate of drug-likeness (QED) is 0.885. The van der Waals surface area contributed by atoms with Gasteiger partial charge in [0.05, 0.1) is 11.4 Å². The number of aryl methyl sites for hydroxylation is 2. The number of hydrogen-bond acceptors (Lipinski definition) is 3. The lowest BCUT2D eigenvalue weighted by atomic mass is 9.90. The van der Waals surface area contributed by atoms with Gasteiger partial charge in [-0.1, -0.05) is 13.8 Å². The van der Waals surface area contributed by atoms with Crippen LogP contribution in [0.2, 0.25) is 0 Å². The monoisotopic (exact) mass is 264 g/mol. The Labute approximate surface area is 117 Å². The number of nitrogens with zero attached hydrogens (tertiary/aromatic N) is 3. The van der Waals surface area contributed by atoms with Crippen molar-refractivity contribution in [3.8, 4) is 0 Å².